The van der Waals surface area contributed by atoms with Crippen molar-refractivity contribution in [1.82, 2.24) is 10.3 Å². The van der Waals surface area contributed by atoms with Gasteiger partial charge >= 0.3 is 0 Å². The Kier molecular flexibility index (Phi) is 5.90. The van der Waals surface area contributed by atoms with E-state index in [2.05, 4.69) is 26.2 Å². The number of pyridine rings is 1. The minimum Gasteiger partial charge on any atom is -0.496 e. The fourth-order valence-corrected chi connectivity index (χ4v) is 3.76. The van der Waals surface area contributed by atoms with Gasteiger partial charge in [-0.2, -0.15) is 0 Å². The fourth-order valence-electron chi connectivity index (χ4n) is 3.35. The largest absolute Gasteiger partial charge is 0.496 e. The molecule has 0 bridgehead atoms. The summed E-state index contributed by atoms with van der Waals surface area (Å²) >= 11 is 3.43. The molecule has 158 valence electrons. The van der Waals surface area contributed by atoms with Crippen LogP contribution in [0.1, 0.15) is 21.5 Å². The van der Waals surface area contributed by atoms with E-state index in [0.29, 0.717) is 22.7 Å². The third-order valence-electron chi connectivity index (χ3n) is 4.88. The van der Waals surface area contributed by atoms with Crippen molar-refractivity contribution in [1.29, 1.82) is 0 Å². The van der Waals surface area contributed by atoms with E-state index >= 15 is 0 Å². The maximum Gasteiger partial charge on any atom is 0.264 e. The highest BCUT2D eigenvalue weighted by Gasteiger charge is 2.30. The molecule has 2 aromatic carbocycles. The van der Waals surface area contributed by atoms with Crippen LogP contribution in [0.15, 0.2) is 59.2 Å². The number of carbonyl (C=O) groups is 2. The number of nitrogens with one attached hydrogen (secondary N) is 1. The van der Waals surface area contributed by atoms with Gasteiger partial charge in [0.2, 0.25) is 11.8 Å². The molecule has 0 atom stereocenters. The number of halogens is 1. The first-order valence-corrected chi connectivity index (χ1v) is 10.4. The Balaban J connectivity index is 1.59. The zero-order valence-corrected chi connectivity index (χ0v) is 18.6. The molecule has 2 heterocycles. The Bertz CT molecular complexity index is 1170. The van der Waals surface area contributed by atoms with E-state index in [0.717, 1.165) is 15.6 Å². The van der Waals surface area contributed by atoms with Gasteiger partial charge in [0, 0.05) is 22.8 Å². The van der Waals surface area contributed by atoms with Crippen molar-refractivity contribution < 1.29 is 19.1 Å². The summed E-state index contributed by atoms with van der Waals surface area (Å²) in [5, 5.41) is 2.87. The predicted octanol–water partition coefficient (Wildman–Crippen LogP) is 4.23. The van der Waals surface area contributed by atoms with E-state index < -0.39 is 0 Å². The van der Waals surface area contributed by atoms with Crippen LogP contribution in [0, 0.1) is 6.92 Å². The minimum atomic E-state index is -0.345. The second-order valence-electron chi connectivity index (χ2n) is 7.05. The molecule has 2 amide bonds. The molecule has 1 aliphatic heterocycles. The number of amides is 2. The summed E-state index contributed by atoms with van der Waals surface area (Å²) < 4.78 is 12.1. The average molecular weight is 482 g/mol. The van der Waals surface area contributed by atoms with Crippen LogP contribution < -0.4 is 19.7 Å². The first-order chi connectivity index (χ1) is 15.0. The van der Waals surface area contributed by atoms with Crippen molar-refractivity contribution >= 4 is 33.4 Å². The second kappa shape index (κ2) is 8.77. The molecule has 0 saturated heterocycles. The van der Waals surface area contributed by atoms with Gasteiger partial charge in [-0.1, -0.05) is 22.0 Å². The summed E-state index contributed by atoms with van der Waals surface area (Å²) in [4.78, 5) is 31.7. The second-order valence-corrected chi connectivity index (χ2v) is 7.97. The molecule has 4 rings (SSSR count). The van der Waals surface area contributed by atoms with Crippen LogP contribution in [-0.2, 0) is 11.3 Å². The zero-order chi connectivity index (χ0) is 22.0. The highest BCUT2D eigenvalue weighted by Crippen LogP contribution is 2.38. The molecule has 0 fully saturated rings. The molecule has 7 nitrogen and oxygen atoms in total. The van der Waals surface area contributed by atoms with Crippen molar-refractivity contribution in [3.8, 4) is 17.4 Å². The van der Waals surface area contributed by atoms with Gasteiger partial charge in [-0.15, -0.1) is 0 Å². The Morgan fingerprint density at radius 3 is 2.87 bits per heavy atom. The van der Waals surface area contributed by atoms with E-state index in [-0.39, 0.29) is 30.8 Å². The van der Waals surface area contributed by atoms with E-state index in [1.54, 1.807) is 31.5 Å². The van der Waals surface area contributed by atoms with Crippen LogP contribution in [-0.4, -0.2) is 30.5 Å². The van der Waals surface area contributed by atoms with Gasteiger partial charge in [0.25, 0.3) is 5.91 Å². The van der Waals surface area contributed by atoms with Crippen LogP contribution in [0.4, 0.5) is 5.69 Å². The lowest BCUT2D eigenvalue weighted by atomic mass is 10.1. The summed E-state index contributed by atoms with van der Waals surface area (Å²) in [5.74, 6) is 0.707. The van der Waals surface area contributed by atoms with Crippen molar-refractivity contribution in [2.75, 3.05) is 18.6 Å². The number of hydrogen-bond donors (Lipinski definition) is 1. The minimum absolute atomic E-state index is 0.163. The van der Waals surface area contributed by atoms with Crippen molar-refractivity contribution in [3.05, 3.63) is 75.9 Å². The third kappa shape index (κ3) is 4.39. The molecule has 8 heteroatoms. The molecular formula is C23H20BrN3O4. The van der Waals surface area contributed by atoms with E-state index in [9.17, 15) is 9.59 Å². The number of methoxy groups -OCH3 is 1. The lowest BCUT2D eigenvalue weighted by Gasteiger charge is -2.22. The molecule has 0 radical (unpaired) electrons. The highest BCUT2D eigenvalue weighted by atomic mass is 79.9. The first kappa shape index (κ1) is 20.9. The van der Waals surface area contributed by atoms with Crippen molar-refractivity contribution in [3.63, 3.8) is 0 Å². The highest BCUT2D eigenvalue weighted by molar-refractivity contribution is 9.10. The maximum absolute atomic E-state index is 13.3. The van der Waals surface area contributed by atoms with Crippen molar-refractivity contribution in [2.45, 2.75) is 13.5 Å². The monoisotopic (exact) mass is 481 g/mol. The van der Waals surface area contributed by atoms with Crippen LogP contribution in [0.5, 0.6) is 17.4 Å². The molecule has 31 heavy (non-hydrogen) atoms. The van der Waals surface area contributed by atoms with Crippen LogP contribution in [0.2, 0.25) is 0 Å². The van der Waals surface area contributed by atoms with Gasteiger partial charge < -0.3 is 14.8 Å². The van der Waals surface area contributed by atoms with Crippen LogP contribution in [0.3, 0.4) is 0 Å². The lowest BCUT2D eigenvalue weighted by molar-refractivity contribution is -0.119. The fraction of sp³-hybridized carbons (Fsp3) is 0.174. The molecule has 0 unspecified atom stereocenters. The summed E-state index contributed by atoms with van der Waals surface area (Å²) in [5.41, 5.74) is 2.59. The zero-order valence-electron chi connectivity index (χ0n) is 17.0. The molecule has 0 spiro atoms. The Morgan fingerprint density at radius 1 is 1.23 bits per heavy atom. The third-order valence-corrected chi connectivity index (χ3v) is 5.37. The number of benzene rings is 2. The Labute approximate surface area is 188 Å². The topological polar surface area (TPSA) is 80.8 Å². The van der Waals surface area contributed by atoms with E-state index in [1.807, 2.05) is 37.3 Å². The molecular weight excluding hydrogens is 462 g/mol. The number of aryl methyl sites for hydroxylation is 1. The van der Waals surface area contributed by atoms with Gasteiger partial charge in [0.15, 0.2) is 5.75 Å². The molecule has 1 aliphatic rings. The molecule has 0 aliphatic carbocycles. The SMILES string of the molecule is COc1ccc(Br)cc1CNC(=O)CN1C(=O)c2cccnc2Oc2ccc(C)cc21. The van der Waals surface area contributed by atoms with Gasteiger partial charge in [-0.3, -0.25) is 14.5 Å². The van der Waals surface area contributed by atoms with Crippen molar-refractivity contribution in [2.24, 2.45) is 0 Å². The summed E-state index contributed by atoms with van der Waals surface area (Å²) in [7, 11) is 1.58. The number of carbonyl (C=O) groups excluding carboxylic acids is 2. The number of nitrogens with zero attached hydrogens (tertiary/aromatic N) is 2. The van der Waals surface area contributed by atoms with Gasteiger partial charge in [-0.25, -0.2) is 4.98 Å². The molecule has 1 N–H and O–H groups in total. The summed E-state index contributed by atoms with van der Waals surface area (Å²) in [6.45, 7) is 2.01. The average Bonchev–Trinajstić information content (AvgIpc) is 2.87. The quantitative estimate of drug-likeness (QED) is 0.589. The Hall–Kier alpha value is -3.39. The summed E-state index contributed by atoms with van der Waals surface area (Å²) in [6, 6.07) is 14.4. The first-order valence-electron chi connectivity index (χ1n) is 9.61. The van der Waals surface area contributed by atoms with Gasteiger partial charge in [-0.05, 0) is 55.0 Å². The maximum atomic E-state index is 13.3. The number of ether oxygens (including phenoxy) is 2. The molecule has 0 saturated carbocycles. The standard InChI is InChI=1S/C23H20BrN3O4/c1-14-5-7-20-18(10-14)27(23(29)17-4-3-9-25-22(17)31-20)13-21(28)26-12-15-11-16(24)6-8-19(15)30-2/h3-11H,12-13H2,1-2H3,(H,26,28). The number of rotatable bonds is 5. The van der Waals surface area contributed by atoms with Crippen LogP contribution in [0.25, 0.3) is 0 Å². The van der Waals surface area contributed by atoms with E-state index in [4.69, 9.17) is 9.47 Å². The smallest absolute Gasteiger partial charge is 0.264 e. The molecule has 3 aromatic rings. The van der Waals surface area contributed by atoms with E-state index in [1.165, 1.54) is 4.90 Å². The normalized spacial score (nSPS) is 12.4. The molecule has 1 aromatic heterocycles. The lowest BCUT2D eigenvalue weighted by Crippen LogP contribution is -2.40. The summed E-state index contributed by atoms with van der Waals surface area (Å²) in [6.07, 6.45) is 1.56. The predicted molar refractivity (Wildman–Crippen MR) is 120 cm³/mol. The number of aromatic nitrogens is 1. The number of fused-ring (bicyclic) bond motifs is 2. The van der Waals surface area contributed by atoms with Gasteiger partial charge in [0.1, 0.15) is 17.9 Å². The Morgan fingerprint density at radius 2 is 2.06 bits per heavy atom. The van der Waals surface area contributed by atoms with Gasteiger partial charge in [0.05, 0.1) is 12.8 Å². The number of anilines is 1. The number of hydrogen-bond acceptors (Lipinski definition) is 5. The van der Waals surface area contributed by atoms with Crippen LogP contribution >= 0.6 is 15.9 Å².